The Hall–Kier alpha value is -3.98. The molecule has 48 heavy (non-hydrogen) atoms. The quantitative estimate of drug-likeness (QED) is 0.167. The number of anilines is 1. The van der Waals surface area contributed by atoms with Crippen molar-refractivity contribution in [1.82, 2.24) is 0 Å². The van der Waals surface area contributed by atoms with E-state index in [9.17, 15) is 28.8 Å². The van der Waals surface area contributed by atoms with Gasteiger partial charge in [0.25, 0.3) is 0 Å². The van der Waals surface area contributed by atoms with E-state index in [1.165, 1.54) is 0 Å². The Morgan fingerprint density at radius 1 is 0.917 bits per heavy atom. The van der Waals surface area contributed by atoms with Crippen molar-refractivity contribution >= 4 is 34.3 Å². The van der Waals surface area contributed by atoms with Gasteiger partial charge in [-0.2, -0.15) is 0 Å². The number of carbonyl (C=O) groups excluding carboxylic acids is 1. The molecule has 0 radical (unpaired) electrons. The first-order chi connectivity index (χ1) is 22.9. The van der Waals surface area contributed by atoms with Crippen molar-refractivity contribution in [3.63, 3.8) is 0 Å². The summed E-state index contributed by atoms with van der Waals surface area (Å²) in [5, 5.41) is 21.4. The lowest BCUT2D eigenvalue weighted by Crippen LogP contribution is -2.38. The monoisotopic (exact) mass is 673 g/mol. The van der Waals surface area contributed by atoms with Gasteiger partial charge in [-0.05, 0) is 65.8 Å². The summed E-state index contributed by atoms with van der Waals surface area (Å²) in [6.45, 7) is 6.29. The van der Waals surface area contributed by atoms with E-state index in [1.54, 1.807) is 0 Å². The largest absolute Gasteiger partial charge is 0.481 e. The average Bonchev–Trinajstić information content (AvgIpc) is 3.03. The first-order valence-electron chi connectivity index (χ1n) is 17.0. The molecule has 0 spiro atoms. The first-order valence-corrected chi connectivity index (χ1v) is 18.4. The lowest BCUT2D eigenvalue weighted by Gasteiger charge is -2.30. The smallest absolute Gasteiger partial charge is 0.319 e. The third kappa shape index (κ3) is 8.73. The van der Waals surface area contributed by atoms with Gasteiger partial charge in [-0.3, -0.25) is 18.6 Å². The molecule has 1 saturated carbocycles. The number of benzene rings is 3. The third-order valence-corrected chi connectivity index (χ3v) is 11.4. The second-order valence-electron chi connectivity index (χ2n) is 14.3. The maximum atomic E-state index is 13.8. The molecule has 1 fully saturated rings. The number of amides is 1. The number of carboxylic acid groups (broad SMARTS) is 2. The Labute approximate surface area is 285 Å². The maximum Gasteiger partial charge on any atom is 0.319 e. The number of aryl methyl sites for hydroxylation is 1. The lowest BCUT2D eigenvalue weighted by molar-refractivity contribution is -0.137. The number of nitrogens with one attached hydrogen (secondary N) is 1. The van der Waals surface area contributed by atoms with Gasteiger partial charge < -0.3 is 20.3 Å². The van der Waals surface area contributed by atoms with E-state index in [4.69, 9.17) is 4.74 Å². The fourth-order valence-corrected chi connectivity index (χ4v) is 8.78. The van der Waals surface area contributed by atoms with Crippen molar-refractivity contribution in [2.24, 2.45) is 11.8 Å². The standard InChI is InChI=1S/C39H47NO7S/c1-39(2,3)31-20-18-26(17-19-27(21-25-11-5-4-6-12-25)37(38(44)45)48(46)24-36(42)43)22-32(31)40-35(41)23-30-28-13-7-9-15-33(28)47-34-16-10-8-14-29(30)34/h7-10,13-16,18,20,22,25,27,30,37H,4-6,11-12,17,19,21,23-24H2,1-3H3,(H,40,41)(H,42,43)(H,44,45). The molecule has 2 aliphatic rings. The van der Waals surface area contributed by atoms with Crippen LogP contribution in [0.25, 0.3) is 0 Å². The van der Waals surface area contributed by atoms with Crippen LogP contribution in [0.3, 0.4) is 0 Å². The maximum absolute atomic E-state index is 13.8. The number of rotatable bonds is 13. The van der Waals surface area contributed by atoms with Crippen molar-refractivity contribution < 1.29 is 33.5 Å². The van der Waals surface area contributed by atoms with Crippen molar-refractivity contribution in [2.45, 2.75) is 95.1 Å². The van der Waals surface area contributed by atoms with Crippen LogP contribution in [-0.4, -0.2) is 43.3 Å². The topological polar surface area (TPSA) is 130 Å². The molecular weight excluding hydrogens is 626 g/mol. The molecule has 1 amide bonds. The van der Waals surface area contributed by atoms with Crippen molar-refractivity contribution in [3.8, 4) is 11.5 Å². The van der Waals surface area contributed by atoms with E-state index in [1.807, 2.05) is 66.7 Å². The van der Waals surface area contributed by atoms with E-state index < -0.39 is 39.7 Å². The van der Waals surface area contributed by atoms with Crippen LogP contribution in [-0.2, 0) is 37.0 Å². The molecule has 3 aromatic rings. The molecule has 3 N–H and O–H groups in total. The van der Waals surface area contributed by atoms with Gasteiger partial charge in [-0.1, -0.05) is 101 Å². The summed E-state index contributed by atoms with van der Waals surface area (Å²) >= 11 is 0. The van der Waals surface area contributed by atoms with Crippen LogP contribution in [0.4, 0.5) is 5.69 Å². The summed E-state index contributed by atoms with van der Waals surface area (Å²) in [6.07, 6.45) is 7.17. The van der Waals surface area contributed by atoms with E-state index in [0.717, 1.165) is 65.9 Å². The number of aliphatic carboxylic acids is 2. The number of carboxylic acids is 2. The van der Waals surface area contributed by atoms with Crippen molar-refractivity contribution in [3.05, 3.63) is 89.0 Å². The van der Waals surface area contributed by atoms with E-state index in [-0.39, 0.29) is 23.7 Å². The van der Waals surface area contributed by atoms with Gasteiger partial charge in [0.1, 0.15) is 22.5 Å². The number of fused-ring (bicyclic) bond motifs is 2. The van der Waals surface area contributed by atoms with Crippen molar-refractivity contribution in [2.75, 3.05) is 11.1 Å². The van der Waals surface area contributed by atoms with E-state index in [2.05, 4.69) is 26.1 Å². The molecule has 8 nitrogen and oxygen atoms in total. The van der Waals surface area contributed by atoms with Gasteiger partial charge in [0.05, 0.1) is 0 Å². The molecule has 1 aliphatic heterocycles. The highest BCUT2D eigenvalue weighted by atomic mass is 32.2. The summed E-state index contributed by atoms with van der Waals surface area (Å²) in [5.41, 5.74) is 4.30. The van der Waals surface area contributed by atoms with E-state index in [0.29, 0.717) is 30.9 Å². The Morgan fingerprint density at radius 3 is 2.12 bits per heavy atom. The van der Waals surface area contributed by atoms with Gasteiger partial charge in [0, 0.05) is 40.0 Å². The summed E-state index contributed by atoms with van der Waals surface area (Å²) in [6, 6.07) is 21.6. The van der Waals surface area contributed by atoms with Crippen LogP contribution < -0.4 is 10.1 Å². The third-order valence-electron chi connectivity index (χ3n) is 9.75. The Kier molecular flexibility index (Phi) is 11.4. The molecule has 0 saturated heterocycles. The highest BCUT2D eigenvalue weighted by Gasteiger charge is 2.36. The minimum atomic E-state index is -2.04. The molecule has 0 aromatic heterocycles. The first kappa shape index (κ1) is 35.3. The molecule has 5 rings (SSSR count). The van der Waals surface area contributed by atoms with Crippen LogP contribution in [0.15, 0.2) is 66.7 Å². The summed E-state index contributed by atoms with van der Waals surface area (Å²) < 4.78 is 19.2. The molecule has 1 heterocycles. The second-order valence-corrected chi connectivity index (χ2v) is 15.9. The number of hydrogen-bond acceptors (Lipinski definition) is 5. The fourth-order valence-electron chi connectivity index (χ4n) is 7.46. The fraction of sp³-hybridized carbons (Fsp3) is 0.462. The van der Waals surface area contributed by atoms with Gasteiger partial charge in [0.15, 0.2) is 0 Å². The van der Waals surface area contributed by atoms with Crippen LogP contribution in [0, 0.1) is 11.8 Å². The Balaban J connectivity index is 1.38. The zero-order chi connectivity index (χ0) is 34.4. The number of para-hydroxylation sites is 2. The highest BCUT2D eigenvalue weighted by molar-refractivity contribution is 7.87. The zero-order valence-electron chi connectivity index (χ0n) is 28.1. The van der Waals surface area contributed by atoms with Crippen molar-refractivity contribution in [1.29, 1.82) is 0 Å². The molecule has 9 heteroatoms. The summed E-state index contributed by atoms with van der Waals surface area (Å²) in [4.78, 5) is 37.6. The zero-order valence-corrected chi connectivity index (χ0v) is 28.9. The highest BCUT2D eigenvalue weighted by Crippen LogP contribution is 2.45. The Bertz CT molecular complexity index is 1610. The van der Waals surface area contributed by atoms with Crippen LogP contribution in [0.2, 0.25) is 0 Å². The number of hydrogen-bond donors (Lipinski definition) is 3. The molecule has 3 unspecified atom stereocenters. The molecule has 3 atom stereocenters. The number of carbonyl (C=O) groups is 3. The molecule has 1 aliphatic carbocycles. The van der Waals surface area contributed by atoms with Crippen LogP contribution >= 0.6 is 0 Å². The average molecular weight is 674 g/mol. The molecule has 0 bridgehead atoms. The minimum Gasteiger partial charge on any atom is -0.481 e. The SMILES string of the molecule is CC(C)(C)c1ccc(CCC(CC2CCCCC2)C(C(=O)O)S(=O)CC(=O)O)cc1NC(=O)CC1c2ccccc2Oc2ccccc21. The minimum absolute atomic E-state index is 0.126. The van der Waals surface area contributed by atoms with Gasteiger partial charge >= 0.3 is 11.9 Å². The predicted molar refractivity (Wildman–Crippen MR) is 188 cm³/mol. The normalized spacial score (nSPS) is 16.9. The second kappa shape index (κ2) is 15.5. The number of ether oxygens (including phenoxy) is 1. The predicted octanol–water partition coefficient (Wildman–Crippen LogP) is 8.06. The molecule has 3 aromatic carbocycles. The summed E-state index contributed by atoms with van der Waals surface area (Å²) in [5.74, 6) is -2.05. The van der Waals surface area contributed by atoms with E-state index >= 15 is 0 Å². The lowest BCUT2D eigenvalue weighted by atomic mass is 9.79. The van der Waals surface area contributed by atoms with Crippen LogP contribution in [0.1, 0.15) is 100 Å². The van der Waals surface area contributed by atoms with Gasteiger partial charge in [0.2, 0.25) is 5.91 Å². The molecule has 256 valence electrons. The van der Waals surface area contributed by atoms with Gasteiger partial charge in [-0.15, -0.1) is 0 Å². The van der Waals surface area contributed by atoms with Gasteiger partial charge in [-0.25, -0.2) is 0 Å². The summed E-state index contributed by atoms with van der Waals surface area (Å²) in [7, 11) is -2.04. The Morgan fingerprint density at radius 2 is 1.54 bits per heavy atom. The molecular formula is C39H47NO7S. The van der Waals surface area contributed by atoms with Crippen LogP contribution in [0.5, 0.6) is 11.5 Å².